The average molecular weight is 415 g/mol. The summed E-state index contributed by atoms with van der Waals surface area (Å²) >= 11 is 0. The van der Waals surface area contributed by atoms with E-state index in [9.17, 15) is 13.2 Å². The van der Waals surface area contributed by atoms with E-state index >= 15 is 0 Å². The second-order valence-electron chi connectivity index (χ2n) is 6.62. The molecule has 1 heterocycles. The van der Waals surface area contributed by atoms with E-state index in [4.69, 9.17) is 0 Å². The topological polar surface area (TPSA) is 90.9 Å². The first-order chi connectivity index (χ1) is 14.0. The van der Waals surface area contributed by atoms with E-state index in [-0.39, 0.29) is 10.8 Å². The number of aliphatic imine (C=N–C) groups is 1. The quantitative estimate of drug-likeness (QED) is 0.647. The molecule has 2 aromatic rings. The summed E-state index contributed by atoms with van der Waals surface area (Å²) in [5.41, 5.74) is 2.72. The maximum atomic E-state index is 12.5. The molecule has 0 spiro atoms. The molecule has 0 saturated heterocycles. The van der Waals surface area contributed by atoms with Gasteiger partial charge in [0.2, 0.25) is 10.0 Å². The molecule has 1 aliphatic heterocycles. The van der Waals surface area contributed by atoms with E-state index in [1.807, 2.05) is 18.2 Å². The van der Waals surface area contributed by atoms with Gasteiger partial charge in [0.05, 0.1) is 11.4 Å². The maximum absolute atomic E-state index is 12.5. The van der Waals surface area contributed by atoms with Crippen LogP contribution in [0, 0.1) is 0 Å². The van der Waals surface area contributed by atoms with Crippen LogP contribution in [0.2, 0.25) is 0 Å². The zero-order chi connectivity index (χ0) is 20.9. The van der Waals surface area contributed by atoms with Crippen LogP contribution in [0.4, 0.5) is 0 Å². The Morgan fingerprint density at radius 3 is 2.41 bits per heavy atom. The summed E-state index contributed by atoms with van der Waals surface area (Å²) in [6, 6.07) is 14.1. The van der Waals surface area contributed by atoms with Crippen LogP contribution in [0.3, 0.4) is 0 Å². The molecule has 0 atom stereocenters. The van der Waals surface area contributed by atoms with E-state index < -0.39 is 10.0 Å². The van der Waals surface area contributed by atoms with Crippen molar-refractivity contribution in [1.29, 1.82) is 0 Å². The van der Waals surface area contributed by atoms with Gasteiger partial charge in [-0.05, 0) is 29.8 Å². The summed E-state index contributed by atoms with van der Waals surface area (Å²) in [5.74, 6) is 0.605. The number of carbonyl (C=O) groups is 1. The van der Waals surface area contributed by atoms with E-state index in [1.165, 1.54) is 34.1 Å². The number of carbonyl (C=O) groups excluding carboxylic acids is 1. The van der Waals surface area contributed by atoms with Crippen molar-refractivity contribution in [2.24, 2.45) is 4.99 Å². The number of sulfonamides is 1. The van der Waals surface area contributed by atoms with Gasteiger partial charge in [0.25, 0.3) is 5.91 Å². The molecule has 1 amide bonds. The molecule has 3 rings (SSSR count). The molecule has 7 nitrogen and oxygen atoms in total. The highest BCUT2D eigenvalue weighted by atomic mass is 32.2. The van der Waals surface area contributed by atoms with Crippen LogP contribution < -0.4 is 10.6 Å². The fourth-order valence-electron chi connectivity index (χ4n) is 3.24. The predicted molar refractivity (Wildman–Crippen MR) is 114 cm³/mol. The molecule has 2 N–H and O–H groups in total. The summed E-state index contributed by atoms with van der Waals surface area (Å²) in [5, 5.41) is 6.08. The van der Waals surface area contributed by atoms with Crippen LogP contribution in [0.15, 0.2) is 58.4 Å². The van der Waals surface area contributed by atoms with Gasteiger partial charge in [-0.2, -0.15) is 4.31 Å². The minimum Gasteiger partial charge on any atom is -0.368 e. The van der Waals surface area contributed by atoms with Gasteiger partial charge in [0.15, 0.2) is 0 Å². The van der Waals surface area contributed by atoms with Crippen LogP contribution in [0.1, 0.15) is 35.3 Å². The lowest BCUT2D eigenvalue weighted by molar-refractivity contribution is 0.0954. The molecule has 8 heteroatoms. The number of hydrogen-bond donors (Lipinski definition) is 2. The summed E-state index contributed by atoms with van der Waals surface area (Å²) in [7, 11) is -3.52. The zero-order valence-corrected chi connectivity index (χ0v) is 17.5. The van der Waals surface area contributed by atoms with Crippen molar-refractivity contribution in [2.75, 3.05) is 26.2 Å². The Morgan fingerprint density at radius 2 is 1.72 bits per heavy atom. The van der Waals surface area contributed by atoms with E-state index in [0.29, 0.717) is 38.3 Å². The SMILES string of the molecule is CCN(CC)S(=O)(=O)c1ccc(C(=O)NCCNC2=NCc3ccccc32)cc1. The molecule has 29 heavy (non-hydrogen) atoms. The highest BCUT2D eigenvalue weighted by Crippen LogP contribution is 2.17. The molecule has 0 bridgehead atoms. The number of benzene rings is 2. The third kappa shape index (κ3) is 4.65. The number of amides is 1. The predicted octanol–water partition coefficient (Wildman–Crippen LogP) is 2.00. The number of amidine groups is 1. The zero-order valence-electron chi connectivity index (χ0n) is 16.7. The van der Waals surface area contributed by atoms with Gasteiger partial charge in [-0.25, -0.2) is 8.42 Å². The van der Waals surface area contributed by atoms with Crippen molar-refractivity contribution in [3.63, 3.8) is 0 Å². The van der Waals surface area contributed by atoms with E-state index in [2.05, 4.69) is 21.7 Å². The normalized spacial score (nSPS) is 13.1. The lowest BCUT2D eigenvalue weighted by Crippen LogP contribution is -2.34. The van der Waals surface area contributed by atoms with Crippen molar-refractivity contribution in [3.05, 3.63) is 65.2 Å². The van der Waals surface area contributed by atoms with Crippen molar-refractivity contribution < 1.29 is 13.2 Å². The molecule has 0 radical (unpaired) electrons. The Balaban J connectivity index is 1.51. The summed E-state index contributed by atoms with van der Waals surface area (Å²) < 4.78 is 26.4. The Kier molecular flexibility index (Phi) is 6.66. The summed E-state index contributed by atoms with van der Waals surface area (Å²) in [6.45, 7) is 6.06. The van der Waals surface area contributed by atoms with Crippen LogP contribution in [-0.4, -0.2) is 50.6 Å². The van der Waals surface area contributed by atoms with Crippen molar-refractivity contribution in [3.8, 4) is 0 Å². The molecular weight excluding hydrogens is 388 g/mol. The van der Waals surface area contributed by atoms with Gasteiger partial charge in [-0.3, -0.25) is 9.79 Å². The van der Waals surface area contributed by atoms with Crippen LogP contribution in [0.5, 0.6) is 0 Å². The number of rotatable bonds is 8. The number of fused-ring (bicyclic) bond motifs is 1. The number of nitrogens with one attached hydrogen (secondary N) is 2. The monoisotopic (exact) mass is 414 g/mol. The van der Waals surface area contributed by atoms with Gasteiger partial charge in [0, 0.05) is 37.3 Å². The Bertz CT molecular complexity index is 997. The number of nitrogens with zero attached hydrogens (tertiary/aromatic N) is 2. The maximum Gasteiger partial charge on any atom is 0.251 e. The second-order valence-corrected chi connectivity index (χ2v) is 8.56. The van der Waals surface area contributed by atoms with Crippen molar-refractivity contribution >= 4 is 21.8 Å². The third-order valence-corrected chi connectivity index (χ3v) is 6.91. The Hall–Kier alpha value is -2.71. The van der Waals surface area contributed by atoms with Gasteiger partial charge in [-0.15, -0.1) is 0 Å². The fraction of sp³-hybridized carbons (Fsp3) is 0.333. The van der Waals surface area contributed by atoms with Gasteiger partial charge in [0.1, 0.15) is 5.84 Å². The molecule has 0 unspecified atom stereocenters. The van der Waals surface area contributed by atoms with Crippen molar-refractivity contribution in [1.82, 2.24) is 14.9 Å². The van der Waals surface area contributed by atoms with Gasteiger partial charge >= 0.3 is 0 Å². The van der Waals surface area contributed by atoms with E-state index in [0.717, 1.165) is 11.4 Å². The standard InChI is InChI=1S/C21H26N4O3S/c1-3-25(4-2)29(27,28)18-11-9-16(10-12-18)21(26)23-14-13-22-20-19-8-6-5-7-17(19)15-24-20/h5-12H,3-4,13-15H2,1-2H3,(H,22,24)(H,23,26). The van der Waals surface area contributed by atoms with Crippen molar-refractivity contribution in [2.45, 2.75) is 25.3 Å². The van der Waals surface area contributed by atoms with E-state index in [1.54, 1.807) is 13.8 Å². The highest BCUT2D eigenvalue weighted by molar-refractivity contribution is 7.89. The average Bonchev–Trinajstić information content (AvgIpc) is 3.15. The van der Waals surface area contributed by atoms with Gasteiger partial charge < -0.3 is 10.6 Å². The van der Waals surface area contributed by atoms with Crippen LogP contribution >= 0.6 is 0 Å². The first-order valence-corrected chi connectivity index (χ1v) is 11.2. The largest absolute Gasteiger partial charge is 0.368 e. The lowest BCUT2D eigenvalue weighted by atomic mass is 10.1. The molecule has 0 aromatic heterocycles. The first kappa shape index (κ1) is 21.0. The molecule has 0 saturated carbocycles. The molecule has 154 valence electrons. The van der Waals surface area contributed by atoms with Gasteiger partial charge in [-0.1, -0.05) is 38.1 Å². The lowest BCUT2D eigenvalue weighted by Gasteiger charge is -2.18. The molecular formula is C21H26N4O3S. The summed E-state index contributed by atoms with van der Waals surface area (Å²) in [6.07, 6.45) is 0. The second kappa shape index (κ2) is 9.19. The molecule has 0 aliphatic carbocycles. The number of hydrogen-bond acceptors (Lipinski definition) is 5. The molecule has 0 fully saturated rings. The minimum atomic E-state index is -3.52. The van der Waals surface area contributed by atoms with Crippen LogP contribution in [-0.2, 0) is 16.6 Å². The Labute approximate surface area is 171 Å². The smallest absolute Gasteiger partial charge is 0.251 e. The third-order valence-electron chi connectivity index (χ3n) is 4.84. The highest BCUT2D eigenvalue weighted by Gasteiger charge is 2.21. The Morgan fingerprint density at radius 1 is 1.03 bits per heavy atom. The summed E-state index contributed by atoms with van der Waals surface area (Å²) in [4.78, 5) is 17.0. The first-order valence-electron chi connectivity index (χ1n) is 9.72. The minimum absolute atomic E-state index is 0.192. The molecule has 1 aliphatic rings. The van der Waals surface area contributed by atoms with Crippen LogP contribution in [0.25, 0.3) is 0 Å². The fourth-order valence-corrected chi connectivity index (χ4v) is 4.70. The molecule has 2 aromatic carbocycles.